The first-order chi connectivity index (χ1) is 30.8. The van der Waals surface area contributed by atoms with Gasteiger partial charge >= 0.3 is 11.9 Å². The predicted octanol–water partition coefficient (Wildman–Crippen LogP) is 13.5. The van der Waals surface area contributed by atoms with Crippen LogP contribution in [-0.4, -0.2) is 55.3 Å². The van der Waals surface area contributed by atoms with Crippen molar-refractivity contribution in [2.45, 2.75) is 48.2 Å². The summed E-state index contributed by atoms with van der Waals surface area (Å²) in [5.41, 5.74) is 11.0. The van der Waals surface area contributed by atoms with Crippen molar-refractivity contribution in [3.8, 4) is 0 Å². The zero-order valence-corrected chi connectivity index (χ0v) is 42.1. The van der Waals surface area contributed by atoms with Crippen LogP contribution < -0.4 is 0 Å². The number of halogens is 5. The van der Waals surface area contributed by atoms with Gasteiger partial charge in [-0.25, -0.2) is 9.59 Å². The van der Waals surface area contributed by atoms with E-state index in [9.17, 15) is 14.4 Å². The minimum absolute atomic E-state index is 0.123. The largest absolute Gasteiger partial charge is 0.478 e. The second-order valence-corrected chi connectivity index (χ2v) is 15.6. The number of aldehydes is 1. The number of carboxylic acid groups (broad SMARTS) is 2. The Bertz CT molecular complexity index is 2250. The Balaban J connectivity index is 0.000000384. The smallest absolute Gasteiger partial charge is 0.335 e. The highest BCUT2D eigenvalue weighted by Crippen LogP contribution is 2.11. The Morgan fingerprint density at radius 1 is 0.531 bits per heavy atom. The summed E-state index contributed by atoms with van der Waals surface area (Å²) in [4.78, 5) is 30.9. The zero-order valence-electron chi connectivity index (χ0n) is 35.0. The van der Waals surface area contributed by atoms with E-state index in [0.717, 1.165) is 67.4 Å². The predicted molar refractivity (Wildman–Crippen MR) is 272 cm³/mol. The molecule has 6 aromatic carbocycles. The lowest BCUT2D eigenvalue weighted by Crippen LogP contribution is -1.95. The van der Waals surface area contributed by atoms with Crippen LogP contribution in [0, 0.1) is 6.92 Å². The Kier molecular flexibility index (Phi) is 30.7. The zero-order chi connectivity index (χ0) is 47.7. The van der Waals surface area contributed by atoms with E-state index in [-0.39, 0.29) is 11.8 Å². The molecule has 15 heteroatoms. The van der Waals surface area contributed by atoms with Gasteiger partial charge in [-0.2, -0.15) is 0 Å². The lowest BCUT2D eigenvalue weighted by atomic mass is 10.1. The van der Waals surface area contributed by atoms with E-state index in [1.807, 2.05) is 104 Å². The molecule has 6 rings (SSSR count). The van der Waals surface area contributed by atoms with E-state index < -0.39 is 11.9 Å². The Morgan fingerprint density at radius 2 is 0.859 bits per heavy atom. The summed E-state index contributed by atoms with van der Waals surface area (Å²) >= 11 is 18.9. The van der Waals surface area contributed by atoms with Crippen molar-refractivity contribution in [2.24, 2.45) is 10.3 Å². The number of aliphatic hydroxyl groups is 1. The third-order valence-electron chi connectivity index (χ3n) is 8.31. The first-order valence-electron chi connectivity index (χ1n) is 19.1. The minimum atomic E-state index is -0.883. The second-order valence-electron chi connectivity index (χ2n) is 13.0. The number of hydrogen-bond acceptors (Lipinski definition) is 8. The molecule has 0 aliphatic carbocycles. The van der Waals surface area contributed by atoms with Crippen LogP contribution in [0.1, 0.15) is 88.1 Å². The fraction of sp³-hybridized carbons (Fsp3) is 0.163. The molecule has 0 fully saturated rings. The number of carboxylic acids is 2. The van der Waals surface area contributed by atoms with E-state index >= 15 is 0 Å². The van der Waals surface area contributed by atoms with Crippen molar-refractivity contribution in [2.75, 3.05) is 0 Å². The molecule has 0 atom stereocenters. The number of oxime groups is 2. The van der Waals surface area contributed by atoms with Crippen LogP contribution in [0.25, 0.3) is 0 Å². The van der Waals surface area contributed by atoms with Crippen LogP contribution in [-0.2, 0) is 34.3 Å². The van der Waals surface area contributed by atoms with Crippen molar-refractivity contribution in [1.29, 1.82) is 0 Å². The molecule has 0 saturated carbocycles. The molecule has 338 valence electrons. The monoisotopic (exact) mass is 1140 g/mol. The van der Waals surface area contributed by atoms with E-state index in [0.29, 0.717) is 11.1 Å². The molecule has 0 heterocycles. The number of alkyl halides is 4. The van der Waals surface area contributed by atoms with Crippen molar-refractivity contribution >= 4 is 105 Å². The van der Waals surface area contributed by atoms with Crippen LogP contribution in [0.3, 0.4) is 0 Å². The van der Waals surface area contributed by atoms with Crippen LogP contribution in [0.5, 0.6) is 0 Å². The summed E-state index contributed by atoms with van der Waals surface area (Å²) in [5, 5.41) is 51.5. The van der Waals surface area contributed by atoms with Crippen LogP contribution >= 0.6 is 75.3 Å². The molecule has 64 heavy (non-hydrogen) atoms. The number of aryl methyl sites for hydroxylation is 2. The summed E-state index contributed by atoms with van der Waals surface area (Å²) in [5.74, 6) is -1.76. The van der Waals surface area contributed by atoms with Gasteiger partial charge in [0.25, 0.3) is 0 Å². The molecule has 0 aliphatic heterocycles. The van der Waals surface area contributed by atoms with Crippen LogP contribution in [0.15, 0.2) is 156 Å². The molecule has 0 amide bonds. The van der Waals surface area contributed by atoms with E-state index in [2.05, 4.69) is 81.0 Å². The molecule has 0 unspecified atom stereocenters. The maximum atomic E-state index is 10.4. The van der Waals surface area contributed by atoms with Crippen molar-refractivity contribution in [3.63, 3.8) is 0 Å². The topological polar surface area (TPSA) is 177 Å². The molecular weight excluding hydrogens is 1100 g/mol. The van der Waals surface area contributed by atoms with E-state index in [1.54, 1.807) is 48.5 Å². The lowest BCUT2D eigenvalue weighted by molar-refractivity contribution is 0.0686. The van der Waals surface area contributed by atoms with Crippen LogP contribution in [0.4, 0.5) is 0 Å². The molecule has 0 radical (unpaired) electrons. The molecular formula is C49H49Br4ClN2O8. The number of carbonyl (C=O) groups excluding carboxylic acids is 1. The fourth-order valence-electron chi connectivity index (χ4n) is 4.55. The number of nitrogens with zero attached hydrogens (tertiary/aromatic N) is 2. The molecule has 0 aromatic heterocycles. The number of carbonyl (C=O) groups is 3. The summed E-state index contributed by atoms with van der Waals surface area (Å²) < 4.78 is 0. The van der Waals surface area contributed by atoms with E-state index in [1.165, 1.54) is 28.5 Å². The van der Waals surface area contributed by atoms with Gasteiger partial charge in [0.05, 0.1) is 23.9 Å². The second kappa shape index (κ2) is 34.4. The average Bonchev–Trinajstić information content (AvgIpc) is 3.35. The number of aromatic carboxylic acids is 2. The lowest BCUT2D eigenvalue weighted by Gasteiger charge is -1.98. The standard InChI is InChI=1S/C9H10ClNO.C8H8BrNO.C8H7BrO2.C8H9BrO.C8H7BrO.C8H8O2/c1-2-7-3-5-8(6-4-7)9(10)11-12;9-5-7-1-3-8(4-2-7)6-10-11;9-5-6-1-3-7(4-2-6)8(10)11;2*9-5-7-1-3-8(6-10)4-2-7;1-6-2-4-7(5-3-6)8(9)10/h3-6,12H,2H2,1H3;1-4,6,11H,5H2;1-4H,5H2,(H,10,11);1-4,10H,5-6H2;1-4,6H,5H2;2-5H,1H3,(H,9,10). The van der Waals surface area contributed by atoms with Crippen molar-refractivity contribution in [3.05, 3.63) is 212 Å². The molecule has 0 bridgehead atoms. The Morgan fingerprint density at radius 3 is 1.19 bits per heavy atom. The first kappa shape index (κ1) is 57.1. The highest BCUT2D eigenvalue weighted by Gasteiger charge is 2.01. The molecule has 5 N–H and O–H groups in total. The van der Waals surface area contributed by atoms with Gasteiger partial charge in [-0.05, 0) is 76.6 Å². The number of benzene rings is 6. The number of rotatable bonds is 11. The third kappa shape index (κ3) is 24.2. The molecule has 10 nitrogen and oxygen atoms in total. The number of hydrogen-bond donors (Lipinski definition) is 5. The van der Waals surface area contributed by atoms with Gasteiger partial charge in [0.15, 0.2) is 5.17 Å². The van der Waals surface area contributed by atoms with Gasteiger partial charge < -0.3 is 25.7 Å². The normalized spacial score (nSPS) is 10.1. The van der Waals surface area contributed by atoms with Gasteiger partial charge in [0, 0.05) is 32.4 Å². The maximum absolute atomic E-state index is 10.4. The molecule has 0 aliphatic rings. The van der Waals surface area contributed by atoms with Crippen LogP contribution in [0.2, 0.25) is 0 Å². The van der Waals surface area contributed by atoms with Gasteiger partial charge in [-0.15, -0.1) is 0 Å². The van der Waals surface area contributed by atoms with Gasteiger partial charge in [-0.1, -0.05) is 219 Å². The summed E-state index contributed by atoms with van der Waals surface area (Å²) in [7, 11) is 0. The molecule has 0 spiro atoms. The third-order valence-corrected chi connectivity index (χ3v) is 11.2. The van der Waals surface area contributed by atoms with Crippen molar-refractivity contribution in [1.82, 2.24) is 0 Å². The summed E-state index contributed by atoms with van der Waals surface area (Å²) in [6.07, 6.45) is 3.24. The highest BCUT2D eigenvalue weighted by molar-refractivity contribution is 9.09. The first-order valence-corrected chi connectivity index (χ1v) is 24.0. The molecule has 0 saturated heterocycles. The van der Waals surface area contributed by atoms with E-state index in [4.69, 9.17) is 37.3 Å². The fourth-order valence-corrected chi connectivity index (χ4v) is 6.17. The summed E-state index contributed by atoms with van der Waals surface area (Å²) in [6, 6.07) is 44.2. The maximum Gasteiger partial charge on any atom is 0.335 e. The average molecular weight is 1150 g/mol. The Labute approximate surface area is 412 Å². The quantitative estimate of drug-likeness (QED) is 0.0280. The SMILES string of the molecule is CCc1ccc(C(Cl)=NO)cc1.Cc1ccc(C(=O)O)cc1.O=C(O)c1ccc(CBr)cc1.O=Cc1ccc(CBr)cc1.OCc1ccc(CBr)cc1.ON=Cc1ccc(CBr)cc1. The minimum Gasteiger partial charge on any atom is -0.478 e. The Hall–Kier alpha value is -4.96. The number of aliphatic hydroxyl groups excluding tert-OH is 1. The summed E-state index contributed by atoms with van der Waals surface area (Å²) in [6.45, 7) is 4.13. The van der Waals surface area contributed by atoms with Gasteiger partial charge in [0.1, 0.15) is 6.29 Å². The molecule has 6 aromatic rings. The van der Waals surface area contributed by atoms with Gasteiger partial charge in [0.2, 0.25) is 0 Å². The highest BCUT2D eigenvalue weighted by atomic mass is 79.9. The van der Waals surface area contributed by atoms with Crippen molar-refractivity contribution < 1.29 is 40.1 Å². The van der Waals surface area contributed by atoms with Gasteiger partial charge in [-0.3, -0.25) is 4.79 Å².